The molecule has 33 heavy (non-hydrogen) atoms. The van der Waals surface area contributed by atoms with Gasteiger partial charge in [0.25, 0.3) is 0 Å². The van der Waals surface area contributed by atoms with Crippen molar-refractivity contribution in [3.63, 3.8) is 0 Å². The first-order valence-electron chi connectivity index (χ1n) is 12.1. The van der Waals surface area contributed by atoms with Gasteiger partial charge in [-0.1, -0.05) is 0 Å². The van der Waals surface area contributed by atoms with Crippen LogP contribution in [0.1, 0.15) is 12.8 Å². The number of ether oxygens (including phenoxy) is 2. The third kappa shape index (κ3) is 6.04. The number of hydrazine groups is 1. The van der Waals surface area contributed by atoms with Gasteiger partial charge in [-0.05, 0) is 19.4 Å². The molecule has 0 aromatic rings. The number of nitrogens with one attached hydrogen (secondary N) is 5. The lowest BCUT2D eigenvalue weighted by Gasteiger charge is -2.42. The average Bonchev–Trinajstić information content (AvgIpc) is 3.21. The second kappa shape index (κ2) is 11.5. The highest BCUT2D eigenvalue weighted by Gasteiger charge is 2.47. The highest BCUT2D eigenvalue weighted by molar-refractivity contribution is 7.90. The van der Waals surface area contributed by atoms with E-state index in [4.69, 9.17) is 15.2 Å². The van der Waals surface area contributed by atoms with Gasteiger partial charge in [-0.2, -0.15) is 0 Å². The van der Waals surface area contributed by atoms with E-state index in [0.717, 1.165) is 58.8 Å². The summed E-state index contributed by atoms with van der Waals surface area (Å²) in [6, 6.07) is 0.0785. The van der Waals surface area contributed by atoms with Crippen LogP contribution in [-0.4, -0.2) is 127 Å². The molecule has 192 valence electrons. The summed E-state index contributed by atoms with van der Waals surface area (Å²) in [5.74, 6) is 0.298. The van der Waals surface area contributed by atoms with Gasteiger partial charge < -0.3 is 25.8 Å². The lowest BCUT2D eigenvalue weighted by molar-refractivity contribution is -0.0106. The second-order valence-electron chi connectivity index (χ2n) is 9.58. The van der Waals surface area contributed by atoms with Gasteiger partial charge in [0.05, 0.1) is 25.4 Å². The Morgan fingerprint density at radius 1 is 1.24 bits per heavy atom. The molecule has 0 bridgehead atoms. The fourth-order valence-electron chi connectivity index (χ4n) is 5.67. The number of nitrogens with zero attached hydrogens (tertiary/aromatic N) is 2. The minimum absolute atomic E-state index is 0.00616. The van der Waals surface area contributed by atoms with E-state index in [2.05, 4.69) is 31.0 Å². The largest absolute Gasteiger partial charge is 0.379 e. The highest BCUT2D eigenvalue weighted by atomic mass is 32.2. The number of rotatable bonds is 9. The summed E-state index contributed by atoms with van der Waals surface area (Å²) in [6.07, 6.45) is 1.69. The quantitative estimate of drug-likeness (QED) is 0.192. The molecule has 0 amide bonds. The normalized spacial score (nSPS) is 37.7. The molecule has 12 nitrogen and oxygen atoms in total. The van der Waals surface area contributed by atoms with E-state index in [1.807, 2.05) is 12.1 Å². The van der Waals surface area contributed by atoms with E-state index in [1.165, 1.54) is 0 Å². The standard InChI is InChI=1S/C20H42N8O4S/c1-27-19-14(12-25-27)11-24-20(31-2)18(19)26-33(29,30)16(10-21)13-23-17-9-15(3-4-22-17)28-5-7-32-8-6-28/h14-20,22-26H,3-13,21H2,1-2H3. The molecule has 4 rings (SSSR count). The fraction of sp³-hybridized carbons (Fsp3) is 1.00. The average molecular weight is 491 g/mol. The zero-order valence-electron chi connectivity index (χ0n) is 19.8. The van der Waals surface area contributed by atoms with Crippen LogP contribution in [0.15, 0.2) is 0 Å². The van der Waals surface area contributed by atoms with E-state index in [-0.39, 0.29) is 18.8 Å². The molecule has 4 fully saturated rings. The monoisotopic (exact) mass is 490 g/mol. The third-order valence-electron chi connectivity index (χ3n) is 7.59. The molecule has 7 unspecified atom stereocenters. The van der Waals surface area contributed by atoms with E-state index in [1.54, 1.807) is 7.11 Å². The SMILES string of the molecule is COC1NCC2CNN(C)C2C1NS(=O)(=O)C(CN)CNC1CC(N2CCOCC2)CCN1. The maximum atomic E-state index is 13.4. The molecular formula is C20H42N8O4S. The van der Waals surface area contributed by atoms with Crippen molar-refractivity contribution in [1.29, 1.82) is 0 Å². The zero-order chi connectivity index (χ0) is 23.4. The Morgan fingerprint density at radius 3 is 2.76 bits per heavy atom. The molecule has 4 aliphatic heterocycles. The summed E-state index contributed by atoms with van der Waals surface area (Å²) in [4.78, 5) is 2.49. The van der Waals surface area contributed by atoms with Gasteiger partial charge in [-0.15, -0.1) is 0 Å². The predicted molar refractivity (Wildman–Crippen MR) is 126 cm³/mol. The molecule has 0 spiro atoms. The molecule has 7 atom stereocenters. The van der Waals surface area contributed by atoms with Crippen LogP contribution in [0, 0.1) is 5.92 Å². The maximum absolute atomic E-state index is 13.4. The van der Waals surface area contributed by atoms with Crippen LogP contribution in [0.4, 0.5) is 0 Å². The minimum Gasteiger partial charge on any atom is -0.379 e. The molecule has 0 radical (unpaired) electrons. The van der Waals surface area contributed by atoms with Crippen LogP contribution < -0.4 is 31.8 Å². The van der Waals surface area contributed by atoms with Crippen molar-refractivity contribution in [1.82, 2.24) is 36.0 Å². The van der Waals surface area contributed by atoms with Gasteiger partial charge in [-0.25, -0.2) is 18.1 Å². The molecule has 4 aliphatic rings. The number of sulfonamides is 1. The third-order valence-corrected chi connectivity index (χ3v) is 9.43. The molecule has 0 saturated carbocycles. The summed E-state index contributed by atoms with van der Waals surface area (Å²) < 4.78 is 40.7. The van der Waals surface area contributed by atoms with Crippen molar-refractivity contribution in [2.75, 3.05) is 73.2 Å². The Bertz CT molecular complexity index is 725. The van der Waals surface area contributed by atoms with Gasteiger partial charge in [-0.3, -0.25) is 15.6 Å². The Morgan fingerprint density at radius 2 is 2.03 bits per heavy atom. The van der Waals surface area contributed by atoms with Crippen LogP contribution in [0.25, 0.3) is 0 Å². The summed E-state index contributed by atoms with van der Waals surface area (Å²) in [7, 11) is -0.128. The maximum Gasteiger partial charge on any atom is 0.217 e. The van der Waals surface area contributed by atoms with Gasteiger partial charge in [0.2, 0.25) is 10.0 Å². The molecule has 13 heteroatoms. The van der Waals surface area contributed by atoms with Gasteiger partial charge in [0, 0.05) is 71.4 Å². The first-order chi connectivity index (χ1) is 15.9. The first kappa shape index (κ1) is 25.6. The van der Waals surface area contributed by atoms with Gasteiger partial charge in [0.1, 0.15) is 11.5 Å². The van der Waals surface area contributed by atoms with E-state index in [9.17, 15) is 8.42 Å². The summed E-state index contributed by atoms with van der Waals surface area (Å²) in [6.45, 7) is 6.31. The lowest BCUT2D eigenvalue weighted by Crippen LogP contribution is -2.67. The smallest absolute Gasteiger partial charge is 0.217 e. The van der Waals surface area contributed by atoms with Crippen molar-refractivity contribution in [2.24, 2.45) is 11.7 Å². The molecule has 0 aliphatic carbocycles. The molecule has 4 saturated heterocycles. The predicted octanol–water partition coefficient (Wildman–Crippen LogP) is -3.39. The number of fused-ring (bicyclic) bond motifs is 1. The highest BCUT2D eigenvalue weighted by Crippen LogP contribution is 2.25. The van der Waals surface area contributed by atoms with Crippen molar-refractivity contribution < 1.29 is 17.9 Å². The van der Waals surface area contributed by atoms with Crippen LogP contribution in [0.2, 0.25) is 0 Å². The molecular weight excluding hydrogens is 448 g/mol. The van der Waals surface area contributed by atoms with E-state index in [0.29, 0.717) is 18.5 Å². The van der Waals surface area contributed by atoms with Crippen molar-refractivity contribution >= 4 is 10.0 Å². The van der Waals surface area contributed by atoms with E-state index < -0.39 is 27.5 Å². The molecule has 0 aromatic heterocycles. The van der Waals surface area contributed by atoms with Crippen molar-refractivity contribution in [2.45, 2.75) is 48.6 Å². The molecule has 7 N–H and O–H groups in total. The fourth-order valence-corrected chi connectivity index (χ4v) is 7.08. The zero-order valence-corrected chi connectivity index (χ0v) is 20.6. The Hall–Kier alpha value is -0.450. The number of piperidine rings is 2. The summed E-state index contributed by atoms with van der Waals surface area (Å²) >= 11 is 0. The summed E-state index contributed by atoms with van der Waals surface area (Å²) in [5, 5.41) is 11.5. The van der Waals surface area contributed by atoms with Crippen molar-refractivity contribution in [3.05, 3.63) is 0 Å². The van der Waals surface area contributed by atoms with Crippen LogP contribution >= 0.6 is 0 Å². The molecule has 0 aromatic carbocycles. The number of hydrogen-bond donors (Lipinski definition) is 6. The Labute approximate surface area is 197 Å². The Kier molecular flexibility index (Phi) is 8.95. The number of nitrogens with two attached hydrogens (primary N) is 1. The molecule has 4 heterocycles. The topological polar surface area (TPSA) is 145 Å². The second-order valence-corrected chi connectivity index (χ2v) is 11.6. The number of hydrogen-bond acceptors (Lipinski definition) is 11. The minimum atomic E-state index is -3.68. The van der Waals surface area contributed by atoms with Crippen molar-refractivity contribution in [3.8, 4) is 0 Å². The van der Waals surface area contributed by atoms with Gasteiger partial charge >= 0.3 is 0 Å². The Balaban J connectivity index is 1.35. The summed E-state index contributed by atoms with van der Waals surface area (Å²) in [5.41, 5.74) is 9.26. The lowest BCUT2D eigenvalue weighted by atomic mass is 9.90. The van der Waals surface area contributed by atoms with E-state index >= 15 is 0 Å². The number of morpholine rings is 1. The number of likely N-dealkylation sites (N-methyl/N-ethyl adjacent to an activating group) is 1. The van der Waals surface area contributed by atoms with Gasteiger partial charge in [0.15, 0.2) is 0 Å². The first-order valence-corrected chi connectivity index (χ1v) is 13.7. The van der Waals surface area contributed by atoms with Crippen LogP contribution in [0.3, 0.4) is 0 Å². The van der Waals surface area contributed by atoms with Crippen LogP contribution in [0.5, 0.6) is 0 Å². The van der Waals surface area contributed by atoms with Crippen LogP contribution in [-0.2, 0) is 19.5 Å². The number of methoxy groups -OCH3 is 1.